The van der Waals surface area contributed by atoms with E-state index in [4.69, 9.17) is 5.11 Å². The van der Waals surface area contributed by atoms with Crippen molar-refractivity contribution in [2.45, 2.75) is 71.9 Å². The summed E-state index contributed by atoms with van der Waals surface area (Å²) in [4.78, 5) is 22.6. The summed E-state index contributed by atoms with van der Waals surface area (Å²) in [6, 6.07) is -1.12. The maximum Gasteiger partial charge on any atom is 0.326 e. The Morgan fingerprint density at radius 1 is 1.05 bits per heavy atom. The lowest BCUT2D eigenvalue weighted by Gasteiger charge is -2.18. The Hall–Kier alpha value is -1.26. The monoisotopic (exact) mass is 272 g/mol. The minimum absolute atomic E-state index is 0.0646. The number of carbonyl (C=O) groups excluding carboxylic acids is 1. The highest BCUT2D eigenvalue weighted by molar-refractivity contribution is 5.82. The van der Waals surface area contributed by atoms with Crippen molar-refractivity contribution in [2.24, 2.45) is 5.92 Å². The lowest BCUT2D eigenvalue weighted by molar-refractivity contribution is -0.139. The molecule has 0 spiro atoms. The number of hydrogen-bond donors (Lipinski definition) is 3. The van der Waals surface area contributed by atoms with Crippen LogP contribution in [0.5, 0.6) is 0 Å². The van der Waals surface area contributed by atoms with E-state index in [0.717, 1.165) is 25.7 Å². The minimum atomic E-state index is -0.982. The van der Waals surface area contributed by atoms with Gasteiger partial charge in [-0.3, -0.25) is 0 Å². The van der Waals surface area contributed by atoms with E-state index < -0.39 is 18.0 Å². The first-order chi connectivity index (χ1) is 8.86. The van der Waals surface area contributed by atoms with Crippen LogP contribution < -0.4 is 10.6 Å². The zero-order valence-corrected chi connectivity index (χ0v) is 12.5. The molecule has 0 heterocycles. The highest BCUT2D eigenvalue weighted by atomic mass is 16.4. The number of amides is 2. The summed E-state index contributed by atoms with van der Waals surface area (Å²) in [5.41, 5.74) is 0. The Morgan fingerprint density at radius 2 is 1.68 bits per heavy atom. The van der Waals surface area contributed by atoms with Gasteiger partial charge in [0.25, 0.3) is 0 Å². The Bertz CT molecular complexity index is 280. The van der Waals surface area contributed by atoms with Gasteiger partial charge in [0, 0.05) is 6.04 Å². The van der Waals surface area contributed by atoms with Crippen LogP contribution in [0, 0.1) is 5.92 Å². The molecule has 0 fully saturated rings. The summed E-state index contributed by atoms with van der Waals surface area (Å²) in [6.07, 6.45) is 4.29. The average Bonchev–Trinajstić information content (AvgIpc) is 2.27. The van der Waals surface area contributed by atoms with Gasteiger partial charge in [0.2, 0.25) is 0 Å². The Balaban J connectivity index is 3.97. The van der Waals surface area contributed by atoms with Gasteiger partial charge < -0.3 is 15.7 Å². The first kappa shape index (κ1) is 17.7. The maximum atomic E-state index is 11.7. The number of nitrogens with one attached hydrogen (secondary N) is 2. The number of urea groups is 1. The van der Waals surface area contributed by atoms with Gasteiger partial charge in [0.15, 0.2) is 0 Å². The Kier molecular flexibility index (Phi) is 9.00. The lowest BCUT2D eigenvalue weighted by atomic mass is 10.0. The van der Waals surface area contributed by atoms with Crippen molar-refractivity contribution < 1.29 is 14.7 Å². The van der Waals surface area contributed by atoms with Crippen molar-refractivity contribution in [1.82, 2.24) is 10.6 Å². The summed E-state index contributed by atoms with van der Waals surface area (Å²) in [5.74, 6) is -0.313. The second kappa shape index (κ2) is 9.64. The second-order valence-corrected chi connectivity index (χ2v) is 5.52. The standard InChI is InChI=1S/C14H28N2O3/c1-5-7-12(13(17)18)16-14(19)15-11(4)9-6-8-10(2)3/h10-12H,5-9H2,1-4H3,(H,17,18)(H2,15,16,19)/t11?,12-/m0/s1. The topological polar surface area (TPSA) is 78.4 Å². The molecule has 0 rings (SSSR count). The smallest absolute Gasteiger partial charge is 0.326 e. The maximum absolute atomic E-state index is 11.7. The van der Waals surface area contributed by atoms with Gasteiger partial charge in [-0.15, -0.1) is 0 Å². The van der Waals surface area contributed by atoms with Gasteiger partial charge in [0.1, 0.15) is 6.04 Å². The van der Waals surface area contributed by atoms with Crippen LogP contribution in [0.25, 0.3) is 0 Å². The van der Waals surface area contributed by atoms with Crippen molar-refractivity contribution in [3.8, 4) is 0 Å². The Labute approximate surface area is 116 Å². The molecule has 5 heteroatoms. The summed E-state index contributed by atoms with van der Waals surface area (Å²) < 4.78 is 0. The molecule has 2 amide bonds. The average molecular weight is 272 g/mol. The summed E-state index contributed by atoms with van der Waals surface area (Å²) in [6.45, 7) is 8.18. The van der Waals surface area contributed by atoms with E-state index in [1.807, 2.05) is 13.8 Å². The fourth-order valence-corrected chi connectivity index (χ4v) is 1.87. The van der Waals surface area contributed by atoms with Crippen LogP contribution >= 0.6 is 0 Å². The van der Waals surface area contributed by atoms with E-state index >= 15 is 0 Å². The molecule has 0 saturated heterocycles. The zero-order chi connectivity index (χ0) is 14.8. The number of carboxylic acids is 1. The molecule has 5 nitrogen and oxygen atoms in total. The van der Waals surface area contributed by atoms with E-state index in [-0.39, 0.29) is 6.04 Å². The predicted octanol–water partition coefficient (Wildman–Crippen LogP) is 2.75. The van der Waals surface area contributed by atoms with E-state index in [1.54, 1.807) is 0 Å². The molecule has 112 valence electrons. The number of carbonyl (C=O) groups is 2. The normalized spacial score (nSPS) is 13.9. The van der Waals surface area contributed by atoms with Gasteiger partial charge >= 0.3 is 12.0 Å². The van der Waals surface area contributed by atoms with Gasteiger partial charge in [0.05, 0.1) is 0 Å². The number of rotatable bonds is 9. The molecule has 0 aliphatic heterocycles. The van der Waals surface area contributed by atoms with Gasteiger partial charge in [-0.2, -0.15) is 0 Å². The van der Waals surface area contributed by atoms with Crippen molar-refractivity contribution in [3.63, 3.8) is 0 Å². The molecule has 0 aromatic heterocycles. The third-order valence-electron chi connectivity index (χ3n) is 2.98. The molecule has 3 N–H and O–H groups in total. The molecular formula is C14H28N2O3. The quantitative estimate of drug-likeness (QED) is 0.604. The molecule has 2 atom stereocenters. The second-order valence-electron chi connectivity index (χ2n) is 5.52. The van der Waals surface area contributed by atoms with Crippen LogP contribution in [0.1, 0.15) is 59.8 Å². The van der Waals surface area contributed by atoms with Crippen molar-refractivity contribution in [2.75, 3.05) is 0 Å². The predicted molar refractivity (Wildman–Crippen MR) is 76.2 cm³/mol. The van der Waals surface area contributed by atoms with E-state index in [1.165, 1.54) is 0 Å². The number of carboxylic acid groups (broad SMARTS) is 1. The van der Waals surface area contributed by atoms with Crippen LogP contribution in [-0.4, -0.2) is 29.2 Å². The molecule has 0 aromatic rings. The van der Waals surface area contributed by atoms with Gasteiger partial charge in [-0.25, -0.2) is 9.59 Å². The van der Waals surface area contributed by atoms with Crippen LogP contribution in [0.3, 0.4) is 0 Å². The van der Waals surface area contributed by atoms with Crippen molar-refractivity contribution >= 4 is 12.0 Å². The van der Waals surface area contributed by atoms with Crippen LogP contribution in [0.15, 0.2) is 0 Å². The Morgan fingerprint density at radius 3 is 2.16 bits per heavy atom. The van der Waals surface area contributed by atoms with Crippen LogP contribution in [0.4, 0.5) is 4.79 Å². The lowest BCUT2D eigenvalue weighted by Crippen LogP contribution is -2.48. The molecule has 0 aliphatic rings. The number of aliphatic carboxylic acids is 1. The molecule has 0 aliphatic carbocycles. The van der Waals surface area contributed by atoms with Crippen molar-refractivity contribution in [3.05, 3.63) is 0 Å². The zero-order valence-electron chi connectivity index (χ0n) is 12.5. The first-order valence-electron chi connectivity index (χ1n) is 7.16. The molecule has 0 saturated carbocycles. The van der Waals surface area contributed by atoms with E-state index in [0.29, 0.717) is 12.3 Å². The molecular weight excluding hydrogens is 244 g/mol. The fourth-order valence-electron chi connectivity index (χ4n) is 1.87. The molecule has 1 unspecified atom stereocenters. The highest BCUT2D eigenvalue weighted by Crippen LogP contribution is 2.08. The first-order valence-corrected chi connectivity index (χ1v) is 7.16. The largest absolute Gasteiger partial charge is 0.480 e. The highest BCUT2D eigenvalue weighted by Gasteiger charge is 2.19. The minimum Gasteiger partial charge on any atom is -0.480 e. The summed E-state index contributed by atoms with van der Waals surface area (Å²) in [5, 5.41) is 14.2. The molecule has 0 bridgehead atoms. The fraction of sp³-hybridized carbons (Fsp3) is 0.857. The third-order valence-corrected chi connectivity index (χ3v) is 2.98. The summed E-state index contributed by atoms with van der Waals surface area (Å²) in [7, 11) is 0. The molecule has 19 heavy (non-hydrogen) atoms. The summed E-state index contributed by atoms with van der Waals surface area (Å²) >= 11 is 0. The van der Waals surface area contributed by atoms with Crippen LogP contribution in [-0.2, 0) is 4.79 Å². The van der Waals surface area contributed by atoms with E-state index in [2.05, 4.69) is 24.5 Å². The van der Waals surface area contributed by atoms with Gasteiger partial charge in [-0.05, 0) is 25.7 Å². The SMILES string of the molecule is CCC[C@H](NC(=O)NC(C)CCCC(C)C)C(=O)O. The molecule has 0 radical (unpaired) electrons. The third kappa shape index (κ3) is 9.33. The van der Waals surface area contributed by atoms with Crippen LogP contribution in [0.2, 0.25) is 0 Å². The van der Waals surface area contributed by atoms with E-state index in [9.17, 15) is 9.59 Å². The van der Waals surface area contributed by atoms with Crippen molar-refractivity contribution in [1.29, 1.82) is 0 Å². The number of hydrogen-bond acceptors (Lipinski definition) is 2. The molecule has 0 aromatic carbocycles. The van der Waals surface area contributed by atoms with Gasteiger partial charge in [-0.1, -0.05) is 40.0 Å².